The highest BCUT2D eigenvalue weighted by molar-refractivity contribution is 5.78. The number of amides is 1. The van der Waals surface area contributed by atoms with E-state index in [1.165, 1.54) is 12.1 Å². The molecule has 0 unspecified atom stereocenters. The number of hydrogen-bond acceptors (Lipinski definition) is 6. The second kappa shape index (κ2) is 8.11. The van der Waals surface area contributed by atoms with Gasteiger partial charge in [0.25, 0.3) is 0 Å². The van der Waals surface area contributed by atoms with Gasteiger partial charge in [-0.05, 0) is 25.0 Å². The summed E-state index contributed by atoms with van der Waals surface area (Å²) in [6.07, 6.45) is -2.32. The van der Waals surface area contributed by atoms with Crippen LogP contribution in [0.15, 0.2) is 28.8 Å². The predicted octanol–water partition coefficient (Wildman–Crippen LogP) is 2.45. The molecule has 7 nitrogen and oxygen atoms in total. The fourth-order valence-electron chi connectivity index (χ4n) is 3.50. The number of ether oxygens (including phenoxy) is 1. The smallest absolute Gasteiger partial charge is 0.376 e. The lowest BCUT2D eigenvalue weighted by Crippen LogP contribution is -2.50. The normalized spacial score (nSPS) is 20.6. The van der Waals surface area contributed by atoms with Crippen molar-refractivity contribution in [2.75, 3.05) is 32.8 Å². The third-order valence-corrected chi connectivity index (χ3v) is 5.11. The maximum atomic E-state index is 12.9. The molecule has 1 atom stereocenters. The van der Waals surface area contributed by atoms with E-state index in [0.29, 0.717) is 25.5 Å². The molecule has 0 bridgehead atoms. The Bertz CT molecular complexity index is 858. The van der Waals surface area contributed by atoms with Gasteiger partial charge in [-0.15, -0.1) is 0 Å². The molecule has 2 saturated heterocycles. The molecule has 2 aliphatic rings. The third kappa shape index (κ3) is 4.76. The quantitative estimate of drug-likeness (QED) is 0.788. The lowest BCUT2D eigenvalue weighted by atomic mass is 10.0. The molecule has 0 aliphatic carbocycles. The van der Waals surface area contributed by atoms with Crippen LogP contribution in [0.1, 0.15) is 30.2 Å². The van der Waals surface area contributed by atoms with Crippen molar-refractivity contribution in [1.82, 2.24) is 20.4 Å². The number of aromatic nitrogens is 2. The van der Waals surface area contributed by atoms with Crippen molar-refractivity contribution < 1.29 is 27.2 Å². The standard InChI is InChI=1S/C19H21F3N4O3/c20-19(21,22)14-4-1-3-12(7-14)17-24-18(29-25-17)13-9-26(10-13)11-16(27)23-8-15-5-2-6-28-15/h1,3-4,7,13,15H,2,5-6,8-11H2,(H,23,27)/t15-/m1/s1. The van der Waals surface area contributed by atoms with Gasteiger partial charge in [-0.2, -0.15) is 18.2 Å². The molecule has 2 aliphatic heterocycles. The summed E-state index contributed by atoms with van der Waals surface area (Å²) >= 11 is 0. The predicted molar refractivity (Wildman–Crippen MR) is 95.9 cm³/mol. The summed E-state index contributed by atoms with van der Waals surface area (Å²) in [6.45, 7) is 2.72. The fourth-order valence-corrected chi connectivity index (χ4v) is 3.50. The molecule has 1 aromatic heterocycles. The number of nitrogens with one attached hydrogen (secondary N) is 1. The van der Waals surface area contributed by atoms with E-state index in [9.17, 15) is 18.0 Å². The molecule has 2 fully saturated rings. The number of carbonyl (C=O) groups is 1. The number of carbonyl (C=O) groups excluding carboxylic acids is 1. The van der Waals surface area contributed by atoms with Crippen molar-refractivity contribution >= 4 is 5.91 Å². The summed E-state index contributed by atoms with van der Waals surface area (Å²) < 4.78 is 49.3. The average Bonchev–Trinajstić information content (AvgIpc) is 3.34. The van der Waals surface area contributed by atoms with Crippen LogP contribution in [0.4, 0.5) is 13.2 Å². The van der Waals surface area contributed by atoms with Gasteiger partial charge in [0.1, 0.15) is 0 Å². The highest BCUT2D eigenvalue weighted by atomic mass is 19.4. The molecule has 29 heavy (non-hydrogen) atoms. The van der Waals surface area contributed by atoms with Crippen molar-refractivity contribution in [1.29, 1.82) is 0 Å². The van der Waals surface area contributed by atoms with Gasteiger partial charge < -0.3 is 14.6 Å². The molecule has 156 valence electrons. The van der Waals surface area contributed by atoms with Gasteiger partial charge in [0.05, 0.1) is 24.1 Å². The van der Waals surface area contributed by atoms with E-state index in [4.69, 9.17) is 9.26 Å². The Kier molecular flexibility index (Phi) is 5.55. The molecule has 2 aromatic rings. The molecule has 0 spiro atoms. The molecule has 0 radical (unpaired) electrons. The largest absolute Gasteiger partial charge is 0.416 e. The van der Waals surface area contributed by atoms with Crippen LogP contribution in [0.3, 0.4) is 0 Å². The Morgan fingerprint density at radius 1 is 1.31 bits per heavy atom. The van der Waals surface area contributed by atoms with Gasteiger partial charge in [0.15, 0.2) is 0 Å². The molecule has 4 rings (SSSR count). The number of nitrogens with zero attached hydrogens (tertiary/aromatic N) is 3. The van der Waals surface area contributed by atoms with Gasteiger partial charge in [-0.1, -0.05) is 17.3 Å². The van der Waals surface area contributed by atoms with E-state index in [1.807, 2.05) is 4.90 Å². The van der Waals surface area contributed by atoms with Crippen molar-refractivity contribution in [2.45, 2.75) is 31.0 Å². The Balaban J connectivity index is 1.27. The van der Waals surface area contributed by atoms with E-state index >= 15 is 0 Å². The van der Waals surface area contributed by atoms with Gasteiger partial charge >= 0.3 is 6.18 Å². The summed E-state index contributed by atoms with van der Waals surface area (Å²) in [5.74, 6) is 0.398. The van der Waals surface area contributed by atoms with Crippen LogP contribution in [-0.4, -0.2) is 59.8 Å². The van der Waals surface area contributed by atoms with E-state index in [-0.39, 0.29) is 35.9 Å². The summed E-state index contributed by atoms with van der Waals surface area (Å²) in [5, 5.41) is 6.68. The van der Waals surface area contributed by atoms with E-state index in [0.717, 1.165) is 31.6 Å². The minimum Gasteiger partial charge on any atom is -0.376 e. The minimum atomic E-state index is -4.43. The molecule has 10 heteroatoms. The van der Waals surface area contributed by atoms with Crippen LogP contribution in [0.2, 0.25) is 0 Å². The lowest BCUT2D eigenvalue weighted by molar-refractivity contribution is -0.137. The second-order valence-corrected chi connectivity index (χ2v) is 7.36. The van der Waals surface area contributed by atoms with Crippen LogP contribution in [0.5, 0.6) is 0 Å². The number of halogens is 3. The Morgan fingerprint density at radius 3 is 2.86 bits per heavy atom. The van der Waals surface area contributed by atoms with Crippen molar-refractivity contribution in [3.8, 4) is 11.4 Å². The number of alkyl halides is 3. The zero-order valence-corrected chi connectivity index (χ0v) is 15.6. The molecule has 1 amide bonds. The number of rotatable bonds is 6. The Morgan fingerprint density at radius 2 is 2.14 bits per heavy atom. The van der Waals surface area contributed by atoms with Gasteiger partial charge in [0, 0.05) is 31.8 Å². The van der Waals surface area contributed by atoms with Crippen molar-refractivity contribution in [2.24, 2.45) is 0 Å². The second-order valence-electron chi connectivity index (χ2n) is 7.36. The maximum absolute atomic E-state index is 12.9. The summed E-state index contributed by atoms with van der Waals surface area (Å²) in [6, 6.07) is 4.82. The van der Waals surface area contributed by atoms with E-state index in [2.05, 4.69) is 15.5 Å². The Labute approximate surface area is 165 Å². The zero-order chi connectivity index (χ0) is 20.4. The van der Waals surface area contributed by atoms with Crippen LogP contribution in [0.25, 0.3) is 11.4 Å². The lowest BCUT2D eigenvalue weighted by Gasteiger charge is -2.36. The van der Waals surface area contributed by atoms with Crippen LogP contribution < -0.4 is 5.32 Å². The SMILES string of the molecule is O=C(CN1CC(c2nc(-c3cccc(C(F)(F)F)c3)no2)C1)NC[C@H]1CCCO1. The number of likely N-dealkylation sites (tertiary alicyclic amines) is 1. The molecule has 1 N–H and O–H groups in total. The average molecular weight is 410 g/mol. The summed E-state index contributed by atoms with van der Waals surface area (Å²) in [7, 11) is 0. The first-order chi connectivity index (χ1) is 13.9. The zero-order valence-electron chi connectivity index (χ0n) is 15.6. The number of benzene rings is 1. The molecular formula is C19H21F3N4O3. The Hall–Kier alpha value is -2.46. The van der Waals surface area contributed by atoms with Gasteiger partial charge in [-0.3, -0.25) is 9.69 Å². The molecule has 1 aromatic carbocycles. The first-order valence-corrected chi connectivity index (χ1v) is 9.50. The van der Waals surface area contributed by atoms with E-state index in [1.54, 1.807) is 0 Å². The first kappa shape index (κ1) is 19.8. The first-order valence-electron chi connectivity index (χ1n) is 9.50. The highest BCUT2D eigenvalue weighted by Crippen LogP contribution is 2.32. The number of hydrogen-bond donors (Lipinski definition) is 1. The van der Waals surface area contributed by atoms with Gasteiger partial charge in [0.2, 0.25) is 17.6 Å². The van der Waals surface area contributed by atoms with Crippen molar-refractivity contribution in [3.63, 3.8) is 0 Å². The molecular weight excluding hydrogens is 389 g/mol. The molecule has 3 heterocycles. The minimum absolute atomic E-state index is 0.0342. The summed E-state index contributed by atoms with van der Waals surface area (Å²) in [4.78, 5) is 18.2. The van der Waals surface area contributed by atoms with Crippen LogP contribution >= 0.6 is 0 Å². The van der Waals surface area contributed by atoms with Crippen LogP contribution in [0, 0.1) is 0 Å². The van der Waals surface area contributed by atoms with Gasteiger partial charge in [-0.25, -0.2) is 0 Å². The maximum Gasteiger partial charge on any atom is 0.416 e. The van der Waals surface area contributed by atoms with Crippen LogP contribution in [-0.2, 0) is 15.7 Å². The summed E-state index contributed by atoms with van der Waals surface area (Å²) in [5.41, 5.74) is -0.510. The topological polar surface area (TPSA) is 80.5 Å². The third-order valence-electron chi connectivity index (χ3n) is 5.11. The van der Waals surface area contributed by atoms with Crippen molar-refractivity contribution in [3.05, 3.63) is 35.7 Å². The highest BCUT2D eigenvalue weighted by Gasteiger charge is 2.34. The van der Waals surface area contributed by atoms with E-state index < -0.39 is 11.7 Å². The fraction of sp³-hybridized carbons (Fsp3) is 0.526. The monoisotopic (exact) mass is 410 g/mol. The molecule has 0 saturated carbocycles.